The normalized spacial score (nSPS) is 13.2. The first-order chi connectivity index (χ1) is 4.22. The Balaban J connectivity index is 3.54. The topological polar surface area (TPSA) is 21.3 Å². The molecule has 0 aliphatic rings. The van der Waals surface area contributed by atoms with E-state index in [0.717, 1.165) is 5.57 Å². The van der Waals surface area contributed by atoms with Crippen molar-refractivity contribution >= 4 is 0 Å². The zero-order valence-electron chi connectivity index (χ0n) is 6.40. The van der Waals surface area contributed by atoms with Gasteiger partial charge in [-0.25, -0.2) is 0 Å². The maximum absolute atomic E-state index is 4.93. The highest BCUT2D eigenvalue weighted by Gasteiger charge is 2.03. The smallest absolute Gasteiger partial charge is 0.0654 e. The van der Waals surface area contributed by atoms with Crippen molar-refractivity contribution in [1.29, 1.82) is 0 Å². The molecule has 0 aromatic rings. The molecule has 0 radical (unpaired) electrons. The first-order valence-corrected chi connectivity index (χ1v) is 3.04. The van der Waals surface area contributed by atoms with E-state index in [1.807, 2.05) is 14.0 Å². The van der Waals surface area contributed by atoms with E-state index < -0.39 is 0 Å². The van der Waals surface area contributed by atoms with Crippen LogP contribution in [0.15, 0.2) is 12.2 Å². The van der Waals surface area contributed by atoms with Gasteiger partial charge in [-0.3, -0.25) is 0 Å². The molecule has 0 fully saturated rings. The van der Waals surface area contributed by atoms with Gasteiger partial charge in [0.05, 0.1) is 12.6 Å². The maximum Gasteiger partial charge on any atom is 0.0654 e. The minimum absolute atomic E-state index is 0.301. The first-order valence-electron chi connectivity index (χ1n) is 3.04. The molecule has 0 aromatic carbocycles. The summed E-state index contributed by atoms with van der Waals surface area (Å²) in [6.07, 6.45) is 0. The van der Waals surface area contributed by atoms with Crippen LogP contribution in [0.4, 0.5) is 0 Å². The summed E-state index contributed by atoms with van der Waals surface area (Å²) in [6, 6.07) is 0.301. The van der Waals surface area contributed by atoms with E-state index in [1.165, 1.54) is 0 Å². The molecule has 1 atom stereocenters. The second-order valence-corrected chi connectivity index (χ2v) is 2.14. The maximum atomic E-state index is 4.93. The van der Waals surface area contributed by atoms with Crippen LogP contribution in [0, 0.1) is 0 Å². The van der Waals surface area contributed by atoms with E-state index in [-0.39, 0.29) is 0 Å². The molecule has 0 aliphatic heterocycles. The van der Waals surface area contributed by atoms with Crippen LogP contribution in [0.25, 0.3) is 0 Å². The minimum atomic E-state index is 0.301. The third-order valence-corrected chi connectivity index (χ3v) is 1.28. The molecule has 0 heterocycles. The Labute approximate surface area is 56.9 Å². The number of hydrogen-bond acceptors (Lipinski definition) is 2. The third-order valence-electron chi connectivity index (χ3n) is 1.28. The Morgan fingerprint density at radius 2 is 2.33 bits per heavy atom. The predicted octanol–water partition coefficient (Wildman–Crippen LogP) is 0.797. The molecule has 0 amide bonds. The number of hydrogen-bond donors (Lipinski definition) is 1. The van der Waals surface area contributed by atoms with Gasteiger partial charge in [-0.05, 0) is 14.0 Å². The summed E-state index contributed by atoms with van der Waals surface area (Å²) in [5.41, 5.74) is 1.11. The molecule has 0 spiro atoms. The average molecular weight is 129 g/mol. The molecular weight excluding hydrogens is 114 g/mol. The van der Waals surface area contributed by atoms with Crippen LogP contribution >= 0.6 is 0 Å². The van der Waals surface area contributed by atoms with Crippen LogP contribution in [0.5, 0.6) is 0 Å². The summed E-state index contributed by atoms with van der Waals surface area (Å²) >= 11 is 0. The van der Waals surface area contributed by atoms with Crippen molar-refractivity contribution in [2.45, 2.75) is 13.0 Å². The van der Waals surface area contributed by atoms with Gasteiger partial charge in [-0.2, -0.15) is 0 Å². The van der Waals surface area contributed by atoms with E-state index in [2.05, 4.69) is 11.9 Å². The first kappa shape index (κ1) is 8.66. The Morgan fingerprint density at radius 1 is 1.78 bits per heavy atom. The SMILES string of the molecule is C=C(C)[C@@H](COC)NC. The lowest BCUT2D eigenvalue weighted by molar-refractivity contribution is 0.180. The molecule has 0 saturated carbocycles. The molecule has 0 bridgehead atoms. The standard InChI is InChI=1S/C7H15NO/c1-6(2)7(8-3)5-9-4/h7-8H,1,5H2,2-4H3/t7-/m1/s1. The number of methoxy groups -OCH3 is 1. The monoisotopic (exact) mass is 129 g/mol. The molecule has 0 aliphatic carbocycles. The molecule has 1 N–H and O–H groups in total. The van der Waals surface area contributed by atoms with E-state index in [0.29, 0.717) is 12.6 Å². The highest BCUT2D eigenvalue weighted by molar-refractivity contribution is 5.00. The van der Waals surface area contributed by atoms with E-state index in [1.54, 1.807) is 7.11 Å². The van der Waals surface area contributed by atoms with Crippen LogP contribution in [0.2, 0.25) is 0 Å². The van der Waals surface area contributed by atoms with Gasteiger partial charge in [0.1, 0.15) is 0 Å². The number of ether oxygens (including phenoxy) is 1. The van der Waals surface area contributed by atoms with Gasteiger partial charge in [0, 0.05) is 7.11 Å². The summed E-state index contributed by atoms with van der Waals surface area (Å²) in [7, 11) is 3.59. The number of nitrogens with one attached hydrogen (secondary N) is 1. The molecule has 2 heteroatoms. The van der Waals surface area contributed by atoms with E-state index in [9.17, 15) is 0 Å². The van der Waals surface area contributed by atoms with Crippen molar-refractivity contribution in [2.75, 3.05) is 20.8 Å². The van der Waals surface area contributed by atoms with Crippen molar-refractivity contribution in [3.05, 3.63) is 12.2 Å². The molecule has 9 heavy (non-hydrogen) atoms. The van der Waals surface area contributed by atoms with Gasteiger partial charge < -0.3 is 10.1 Å². The molecule has 54 valence electrons. The lowest BCUT2D eigenvalue weighted by Gasteiger charge is -2.13. The average Bonchev–Trinajstić information content (AvgIpc) is 1.82. The molecule has 0 aromatic heterocycles. The number of likely N-dealkylation sites (N-methyl/N-ethyl adjacent to an activating group) is 1. The quantitative estimate of drug-likeness (QED) is 0.567. The highest BCUT2D eigenvalue weighted by Crippen LogP contribution is 1.95. The fourth-order valence-corrected chi connectivity index (χ4v) is 0.639. The Morgan fingerprint density at radius 3 is 2.44 bits per heavy atom. The second kappa shape index (κ2) is 4.53. The van der Waals surface area contributed by atoms with E-state index >= 15 is 0 Å². The van der Waals surface area contributed by atoms with Crippen LogP contribution in [0.3, 0.4) is 0 Å². The predicted molar refractivity (Wildman–Crippen MR) is 39.5 cm³/mol. The van der Waals surface area contributed by atoms with Gasteiger partial charge in [0.2, 0.25) is 0 Å². The van der Waals surface area contributed by atoms with Crippen LogP contribution in [-0.4, -0.2) is 26.8 Å². The molecular formula is C7H15NO. The Bertz CT molecular complexity index is 90.9. The van der Waals surface area contributed by atoms with Gasteiger partial charge in [0.15, 0.2) is 0 Å². The lowest BCUT2D eigenvalue weighted by atomic mass is 10.2. The summed E-state index contributed by atoms with van der Waals surface area (Å²) in [5.74, 6) is 0. The fourth-order valence-electron chi connectivity index (χ4n) is 0.639. The minimum Gasteiger partial charge on any atom is -0.383 e. The largest absolute Gasteiger partial charge is 0.383 e. The van der Waals surface area contributed by atoms with Gasteiger partial charge in [0.25, 0.3) is 0 Å². The summed E-state index contributed by atoms with van der Waals surface area (Å²) in [4.78, 5) is 0. The van der Waals surface area contributed by atoms with Crippen LogP contribution < -0.4 is 5.32 Å². The van der Waals surface area contributed by atoms with Crippen molar-refractivity contribution in [3.63, 3.8) is 0 Å². The summed E-state index contributed by atoms with van der Waals surface area (Å²) < 4.78 is 4.93. The van der Waals surface area contributed by atoms with Gasteiger partial charge in [-0.15, -0.1) is 0 Å². The fraction of sp³-hybridized carbons (Fsp3) is 0.714. The van der Waals surface area contributed by atoms with Crippen LogP contribution in [-0.2, 0) is 4.74 Å². The summed E-state index contributed by atoms with van der Waals surface area (Å²) in [5, 5.41) is 3.08. The van der Waals surface area contributed by atoms with Crippen molar-refractivity contribution < 1.29 is 4.74 Å². The van der Waals surface area contributed by atoms with Crippen molar-refractivity contribution in [3.8, 4) is 0 Å². The van der Waals surface area contributed by atoms with Crippen molar-refractivity contribution in [2.24, 2.45) is 0 Å². The highest BCUT2D eigenvalue weighted by atomic mass is 16.5. The summed E-state index contributed by atoms with van der Waals surface area (Å²) in [6.45, 7) is 6.49. The Hall–Kier alpha value is -0.340. The van der Waals surface area contributed by atoms with Gasteiger partial charge >= 0.3 is 0 Å². The zero-order valence-corrected chi connectivity index (χ0v) is 6.40. The molecule has 0 unspecified atom stereocenters. The zero-order chi connectivity index (χ0) is 7.28. The lowest BCUT2D eigenvalue weighted by Crippen LogP contribution is -2.30. The molecule has 2 nitrogen and oxygen atoms in total. The second-order valence-electron chi connectivity index (χ2n) is 2.14. The Kier molecular flexibility index (Phi) is 4.36. The van der Waals surface area contributed by atoms with E-state index in [4.69, 9.17) is 4.74 Å². The van der Waals surface area contributed by atoms with Crippen molar-refractivity contribution in [1.82, 2.24) is 5.32 Å². The number of rotatable bonds is 4. The van der Waals surface area contributed by atoms with Gasteiger partial charge in [-0.1, -0.05) is 12.2 Å². The molecule has 0 saturated heterocycles. The van der Waals surface area contributed by atoms with Crippen LogP contribution in [0.1, 0.15) is 6.92 Å². The molecule has 0 rings (SSSR count). The third kappa shape index (κ3) is 3.27.